The van der Waals surface area contributed by atoms with Gasteiger partial charge in [-0.3, -0.25) is 4.79 Å². The van der Waals surface area contributed by atoms with Crippen molar-refractivity contribution in [3.8, 4) is 0 Å². The maximum absolute atomic E-state index is 12.9. The van der Waals surface area contributed by atoms with Crippen LogP contribution in [0.15, 0.2) is 0 Å². The van der Waals surface area contributed by atoms with Crippen molar-refractivity contribution in [2.45, 2.75) is 142 Å². The minimum Gasteiger partial charge on any atom is -0.465 e. The molecule has 1 aliphatic carbocycles. The lowest BCUT2D eigenvalue weighted by atomic mass is 9.71. The molecule has 2 nitrogen and oxygen atoms in total. The molecular formula is C25H48O2. The smallest absolute Gasteiger partial charge is 0.312 e. The average molecular weight is 381 g/mol. The van der Waals surface area contributed by atoms with Gasteiger partial charge < -0.3 is 4.74 Å². The molecule has 1 aliphatic rings. The number of ether oxygens (including phenoxy) is 1. The van der Waals surface area contributed by atoms with E-state index in [0.717, 1.165) is 25.7 Å². The van der Waals surface area contributed by atoms with Gasteiger partial charge in [-0.05, 0) is 25.7 Å². The molecule has 0 aromatic carbocycles. The second kappa shape index (κ2) is 16.4. The van der Waals surface area contributed by atoms with Crippen LogP contribution < -0.4 is 0 Å². The normalized spacial score (nSPS) is 16.4. The molecule has 0 aliphatic heterocycles. The third kappa shape index (κ3) is 11.2. The van der Waals surface area contributed by atoms with Gasteiger partial charge in [-0.2, -0.15) is 0 Å². The van der Waals surface area contributed by atoms with Gasteiger partial charge in [0.1, 0.15) is 0 Å². The molecule has 0 aromatic rings. The Labute approximate surface area is 170 Å². The molecule has 0 radical (unpaired) electrons. The van der Waals surface area contributed by atoms with E-state index < -0.39 is 0 Å². The van der Waals surface area contributed by atoms with Crippen molar-refractivity contribution in [3.63, 3.8) is 0 Å². The first-order chi connectivity index (χ1) is 13.2. The predicted molar refractivity (Wildman–Crippen MR) is 117 cm³/mol. The zero-order chi connectivity index (χ0) is 19.6. The van der Waals surface area contributed by atoms with Crippen molar-refractivity contribution >= 4 is 5.97 Å². The van der Waals surface area contributed by atoms with Crippen LogP contribution in [0.4, 0.5) is 0 Å². The minimum atomic E-state index is -0.136. The van der Waals surface area contributed by atoms with E-state index in [9.17, 15) is 4.79 Å². The molecule has 0 saturated heterocycles. The predicted octanol–water partition coefficient (Wildman–Crippen LogP) is 8.37. The molecule has 160 valence electrons. The molecule has 1 fully saturated rings. The molecule has 27 heavy (non-hydrogen) atoms. The molecule has 1 saturated carbocycles. The molecule has 0 atom stereocenters. The molecule has 0 aromatic heterocycles. The first-order valence-corrected chi connectivity index (χ1v) is 12.4. The SMILES string of the molecule is CCCCCCCCCOC(=O)C1(CCCCCCCCC)CCCCC1. The summed E-state index contributed by atoms with van der Waals surface area (Å²) in [6.45, 7) is 5.17. The Bertz CT molecular complexity index is 344. The van der Waals surface area contributed by atoms with Crippen LogP contribution in [-0.2, 0) is 9.53 Å². The van der Waals surface area contributed by atoms with Crippen molar-refractivity contribution < 1.29 is 9.53 Å². The number of carbonyl (C=O) groups excluding carboxylic acids is 1. The zero-order valence-electron chi connectivity index (χ0n) is 18.7. The number of rotatable bonds is 17. The van der Waals surface area contributed by atoms with Gasteiger partial charge in [0.15, 0.2) is 0 Å². The monoisotopic (exact) mass is 380 g/mol. The first-order valence-electron chi connectivity index (χ1n) is 12.4. The van der Waals surface area contributed by atoms with Crippen LogP contribution in [0.5, 0.6) is 0 Å². The Hall–Kier alpha value is -0.530. The summed E-state index contributed by atoms with van der Waals surface area (Å²) >= 11 is 0. The first kappa shape index (κ1) is 24.5. The zero-order valence-corrected chi connectivity index (χ0v) is 18.7. The lowest BCUT2D eigenvalue weighted by Crippen LogP contribution is -2.35. The Morgan fingerprint density at radius 2 is 1.15 bits per heavy atom. The number of hydrogen-bond donors (Lipinski definition) is 0. The van der Waals surface area contributed by atoms with E-state index in [1.54, 1.807) is 0 Å². The Morgan fingerprint density at radius 1 is 0.667 bits per heavy atom. The lowest BCUT2D eigenvalue weighted by Gasteiger charge is -2.35. The quantitative estimate of drug-likeness (QED) is 0.187. The largest absolute Gasteiger partial charge is 0.465 e. The highest BCUT2D eigenvalue weighted by Crippen LogP contribution is 2.42. The molecule has 0 amide bonds. The average Bonchev–Trinajstić information content (AvgIpc) is 2.70. The van der Waals surface area contributed by atoms with Crippen LogP contribution in [0.1, 0.15) is 142 Å². The fourth-order valence-electron chi connectivity index (χ4n) is 4.58. The number of esters is 1. The number of carbonyl (C=O) groups is 1. The maximum Gasteiger partial charge on any atom is 0.312 e. The maximum atomic E-state index is 12.9. The standard InChI is InChI=1S/C25H48O2/c1-3-5-7-9-11-13-16-20-25(21-17-15-18-22-25)24(26)27-23-19-14-12-10-8-6-4-2/h3-23H2,1-2H3. The third-order valence-corrected chi connectivity index (χ3v) is 6.48. The van der Waals surface area contributed by atoms with Crippen molar-refractivity contribution in [1.29, 1.82) is 0 Å². The molecule has 0 heterocycles. The summed E-state index contributed by atoms with van der Waals surface area (Å²) in [5, 5.41) is 0. The summed E-state index contributed by atoms with van der Waals surface area (Å²) in [7, 11) is 0. The van der Waals surface area contributed by atoms with Crippen molar-refractivity contribution in [2.75, 3.05) is 6.61 Å². The van der Waals surface area contributed by atoms with Gasteiger partial charge in [-0.25, -0.2) is 0 Å². The fraction of sp³-hybridized carbons (Fsp3) is 0.960. The second-order valence-corrected chi connectivity index (χ2v) is 8.97. The van der Waals surface area contributed by atoms with E-state index in [2.05, 4.69) is 13.8 Å². The van der Waals surface area contributed by atoms with Gasteiger partial charge in [-0.1, -0.05) is 117 Å². The molecular weight excluding hydrogens is 332 g/mol. The highest BCUT2D eigenvalue weighted by atomic mass is 16.5. The van der Waals surface area contributed by atoms with Gasteiger partial charge in [0.2, 0.25) is 0 Å². The van der Waals surface area contributed by atoms with Gasteiger partial charge >= 0.3 is 5.97 Å². The summed E-state index contributed by atoms with van der Waals surface area (Å²) in [6.07, 6.45) is 25.1. The Morgan fingerprint density at radius 3 is 1.70 bits per heavy atom. The number of hydrogen-bond acceptors (Lipinski definition) is 2. The Balaban J connectivity index is 2.21. The molecule has 2 heteroatoms. The van der Waals surface area contributed by atoms with Gasteiger partial charge in [0.05, 0.1) is 12.0 Å². The lowest BCUT2D eigenvalue weighted by molar-refractivity contribution is -0.159. The highest BCUT2D eigenvalue weighted by molar-refractivity contribution is 5.76. The topological polar surface area (TPSA) is 26.3 Å². The molecule has 0 bridgehead atoms. The number of unbranched alkanes of at least 4 members (excludes halogenated alkanes) is 12. The Kier molecular flexibility index (Phi) is 14.9. The van der Waals surface area contributed by atoms with E-state index in [-0.39, 0.29) is 11.4 Å². The van der Waals surface area contributed by atoms with Gasteiger partial charge in [0, 0.05) is 0 Å². The van der Waals surface area contributed by atoms with E-state index in [1.807, 2.05) is 0 Å². The summed E-state index contributed by atoms with van der Waals surface area (Å²) in [5.41, 5.74) is -0.136. The summed E-state index contributed by atoms with van der Waals surface area (Å²) < 4.78 is 5.78. The minimum absolute atomic E-state index is 0.136. The van der Waals surface area contributed by atoms with Crippen LogP contribution in [0.3, 0.4) is 0 Å². The molecule has 0 spiro atoms. The van der Waals surface area contributed by atoms with Crippen LogP contribution in [0.25, 0.3) is 0 Å². The highest BCUT2D eigenvalue weighted by Gasteiger charge is 2.40. The third-order valence-electron chi connectivity index (χ3n) is 6.48. The van der Waals surface area contributed by atoms with Crippen LogP contribution in [-0.4, -0.2) is 12.6 Å². The van der Waals surface area contributed by atoms with Crippen LogP contribution >= 0.6 is 0 Å². The molecule has 1 rings (SSSR count). The second-order valence-electron chi connectivity index (χ2n) is 8.97. The summed E-state index contributed by atoms with van der Waals surface area (Å²) in [6, 6.07) is 0. The summed E-state index contributed by atoms with van der Waals surface area (Å²) in [5.74, 6) is 0.138. The molecule has 0 unspecified atom stereocenters. The van der Waals surface area contributed by atoms with Gasteiger partial charge in [0.25, 0.3) is 0 Å². The van der Waals surface area contributed by atoms with E-state index in [0.29, 0.717) is 6.61 Å². The van der Waals surface area contributed by atoms with E-state index >= 15 is 0 Å². The summed E-state index contributed by atoms with van der Waals surface area (Å²) in [4.78, 5) is 12.9. The molecule has 0 N–H and O–H groups in total. The van der Waals surface area contributed by atoms with Gasteiger partial charge in [-0.15, -0.1) is 0 Å². The van der Waals surface area contributed by atoms with Crippen molar-refractivity contribution in [3.05, 3.63) is 0 Å². The van der Waals surface area contributed by atoms with E-state index in [4.69, 9.17) is 4.74 Å². The van der Waals surface area contributed by atoms with Crippen molar-refractivity contribution in [2.24, 2.45) is 5.41 Å². The fourth-order valence-corrected chi connectivity index (χ4v) is 4.58. The van der Waals surface area contributed by atoms with Crippen LogP contribution in [0, 0.1) is 5.41 Å². The van der Waals surface area contributed by atoms with Crippen molar-refractivity contribution in [1.82, 2.24) is 0 Å². The van der Waals surface area contributed by atoms with Crippen LogP contribution in [0.2, 0.25) is 0 Å². The van der Waals surface area contributed by atoms with E-state index in [1.165, 1.54) is 103 Å².